The lowest BCUT2D eigenvalue weighted by Gasteiger charge is -2.51. The van der Waals surface area contributed by atoms with Gasteiger partial charge in [-0.05, 0) is 109 Å². The van der Waals surface area contributed by atoms with E-state index in [9.17, 15) is 48.6 Å². The van der Waals surface area contributed by atoms with Crippen LogP contribution in [0.5, 0.6) is 11.5 Å². The number of ketones is 4. The highest BCUT2D eigenvalue weighted by molar-refractivity contribution is 6.04. The molecule has 0 unspecified atom stereocenters. The first-order chi connectivity index (χ1) is 31.8. The van der Waals surface area contributed by atoms with Crippen LogP contribution in [-0.2, 0) is 19.2 Å². The Morgan fingerprint density at radius 3 is 0.924 bits per heavy atom. The maximum Gasteiger partial charge on any atom is 0.335 e. The molecule has 2 saturated carbocycles. The van der Waals surface area contributed by atoms with E-state index in [-0.39, 0.29) is 57.9 Å². The molecule has 0 radical (unpaired) electrons. The number of hydrogen-bond acceptors (Lipinski definition) is 10. The quantitative estimate of drug-likeness (QED) is 0.0693. The molecule has 12 nitrogen and oxygen atoms in total. The van der Waals surface area contributed by atoms with Crippen LogP contribution < -0.4 is 9.47 Å². The van der Waals surface area contributed by atoms with Crippen LogP contribution in [0, 0.1) is 23.7 Å². The molecule has 8 atom stereocenters. The van der Waals surface area contributed by atoms with Gasteiger partial charge in [-0.15, -0.1) is 0 Å². The zero-order chi connectivity index (χ0) is 47.1. The number of hydrogen-bond donors (Lipinski definition) is 2. The van der Waals surface area contributed by atoms with Gasteiger partial charge in [-0.2, -0.15) is 0 Å². The molecule has 332 valence electrons. The minimum absolute atomic E-state index is 0.0891. The summed E-state index contributed by atoms with van der Waals surface area (Å²) in [6.45, 7) is 3.62. The fourth-order valence-electron chi connectivity index (χ4n) is 9.76. The van der Waals surface area contributed by atoms with Gasteiger partial charge in [-0.25, -0.2) is 9.59 Å². The number of carboxylic acids is 2. The van der Waals surface area contributed by atoms with Crippen molar-refractivity contribution in [2.24, 2.45) is 23.7 Å². The van der Waals surface area contributed by atoms with Gasteiger partial charge in [0.2, 0.25) is 0 Å². The number of carbonyl (C=O) groups is 8. The molecule has 6 aromatic rings. The maximum absolute atomic E-state index is 13.6. The van der Waals surface area contributed by atoms with Crippen LogP contribution in [0.2, 0.25) is 0 Å². The lowest BCUT2D eigenvalue weighted by atomic mass is 9.50. The Hall–Kier alpha value is -8.12. The molecule has 0 bridgehead atoms. The minimum atomic E-state index is -1.02. The molecular formula is C54H44O12. The minimum Gasteiger partial charge on any atom is -0.478 e. The van der Waals surface area contributed by atoms with Crippen LogP contribution in [0.25, 0.3) is 0 Å². The number of carboxylic acid groups (broad SMARTS) is 2. The summed E-state index contributed by atoms with van der Waals surface area (Å²) in [6, 6.07) is 44.7. The van der Waals surface area contributed by atoms with Gasteiger partial charge in [0.1, 0.15) is 23.1 Å². The molecule has 0 aliphatic heterocycles. The van der Waals surface area contributed by atoms with E-state index in [2.05, 4.69) is 0 Å². The number of rotatable bonds is 16. The summed E-state index contributed by atoms with van der Waals surface area (Å²) in [6.07, 6.45) is 0. The van der Waals surface area contributed by atoms with E-state index in [4.69, 9.17) is 9.47 Å². The Morgan fingerprint density at radius 1 is 0.379 bits per heavy atom. The summed E-state index contributed by atoms with van der Waals surface area (Å²) < 4.78 is 9.61. The van der Waals surface area contributed by atoms with E-state index in [0.717, 1.165) is 22.3 Å². The standard InChI is InChI=1S/2C27H22O6/c2*1-16(29)22-23(18-7-9-20(10-8-18)27(31)32)24(17-5-3-2-4-6-17)25(22)26(30)19-11-13-21(14-12-19)33-15-28/h2*2-15,22-25H,1H3,(H,31,32)/t2*22-,23-,24-,25-/m11/s1. The normalized spacial score (nSPS) is 21.5. The third kappa shape index (κ3) is 9.39. The predicted octanol–water partition coefficient (Wildman–Crippen LogP) is 9.01. The first kappa shape index (κ1) is 45.9. The molecule has 2 N–H and O–H groups in total. The molecule has 0 spiro atoms. The molecule has 6 aromatic carbocycles. The molecule has 0 amide bonds. The van der Waals surface area contributed by atoms with Gasteiger partial charge < -0.3 is 19.7 Å². The number of aromatic carboxylic acids is 2. The van der Waals surface area contributed by atoms with Gasteiger partial charge >= 0.3 is 11.9 Å². The fourth-order valence-corrected chi connectivity index (χ4v) is 9.76. The van der Waals surface area contributed by atoms with Crippen molar-refractivity contribution in [2.75, 3.05) is 0 Å². The van der Waals surface area contributed by atoms with Crippen molar-refractivity contribution in [1.29, 1.82) is 0 Å². The van der Waals surface area contributed by atoms with E-state index in [0.29, 0.717) is 35.6 Å². The fraction of sp³-hybridized carbons (Fsp3) is 0.185. The number of carbonyl (C=O) groups excluding carboxylic acids is 6. The topological polar surface area (TPSA) is 195 Å². The van der Waals surface area contributed by atoms with Crippen molar-refractivity contribution in [1.82, 2.24) is 0 Å². The van der Waals surface area contributed by atoms with Crippen LogP contribution in [0.3, 0.4) is 0 Å². The van der Waals surface area contributed by atoms with E-state index < -0.39 is 35.6 Å². The lowest BCUT2D eigenvalue weighted by Crippen LogP contribution is -2.50. The third-order valence-electron chi connectivity index (χ3n) is 12.7. The molecule has 8 rings (SSSR count). The predicted molar refractivity (Wildman–Crippen MR) is 241 cm³/mol. The molecule has 0 heterocycles. The van der Waals surface area contributed by atoms with Gasteiger partial charge in [-0.3, -0.25) is 28.8 Å². The van der Waals surface area contributed by atoms with Crippen LogP contribution in [-0.4, -0.2) is 58.2 Å². The SMILES string of the molecule is CC(=O)[C@H]1[C@@H](C(=O)c2ccc(OC=O)cc2)[C@H](c2ccccc2)[C@@H]1c1ccc(C(=O)O)cc1.CC(=O)[C@H]1[C@@H](C(=O)c2ccc(OC=O)cc2)[C@H](c2ccccc2)[C@@H]1c1ccc(C(=O)O)cc1. The Labute approximate surface area is 379 Å². The van der Waals surface area contributed by atoms with Gasteiger partial charge in [0.05, 0.1) is 11.1 Å². The van der Waals surface area contributed by atoms with Gasteiger partial charge in [-0.1, -0.05) is 84.9 Å². The number of Topliss-reactive ketones (excluding diaryl/α,β-unsaturated/α-hetero) is 4. The summed E-state index contributed by atoms with van der Waals surface area (Å²) >= 11 is 0. The second-order valence-electron chi connectivity index (χ2n) is 16.3. The highest BCUT2D eigenvalue weighted by Gasteiger charge is 2.58. The third-order valence-corrected chi connectivity index (χ3v) is 12.7. The second kappa shape index (κ2) is 20.2. The summed E-state index contributed by atoms with van der Waals surface area (Å²) in [5, 5.41) is 18.4. The molecule has 12 heteroatoms. The van der Waals surface area contributed by atoms with Gasteiger partial charge in [0.25, 0.3) is 12.9 Å². The van der Waals surface area contributed by atoms with Crippen LogP contribution in [0.4, 0.5) is 0 Å². The Morgan fingerprint density at radius 2 is 0.652 bits per heavy atom. The summed E-state index contributed by atoms with van der Waals surface area (Å²) in [7, 11) is 0. The maximum atomic E-state index is 13.6. The Kier molecular flexibility index (Phi) is 14.0. The van der Waals surface area contributed by atoms with Crippen molar-refractivity contribution in [3.05, 3.63) is 202 Å². The number of benzene rings is 6. The van der Waals surface area contributed by atoms with Crippen LogP contribution in [0.1, 0.15) is 101 Å². The zero-order valence-corrected chi connectivity index (χ0v) is 35.8. The van der Waals surface area contributed by atoms with E-state index in [1.807, 2.05) is 60.7 Å². The van der Waals surface area contributed by atoms with E-state index >= 15 is 0 Å². The monoisotopic (exact) mass is 884 g/mol. The first-order valence-electron chi connectivity index (χ1n) is 21.1. The molecule has 2 fully saturated rings. The van der Waals surface area contributed by atoms with Crippen molar-refractivity contribution >= 4 is 48.0 Å². The Bertz CT molecular complexity index is 2560. The average molecular weight is 885 g/mol. The molecule has 66 heavy (non-hydrogen) atoms. The summed E-state index contributed by atoms with van der Waals surface area (Å²) in [5.74, 6) is -5.05. The van der Waals surface area contributed by atoms with Crippen molar-refractivity contribution in [3.8, 4) is 11.5 Å². The average Bonchev–Trinajstić information content (AvgIpc) is 3.30. The summed E-state index contributed by atoms with van der Waals surface area (Å²) in [5.41, 5.74) is 4.75. The van der Waals surface area contributed by atoms with Crippen molar-refractivity contribution in [2.45, 2.75) is 37.5 Å². The van der Waals surface area contributed by atoms with E-state index in [1.54, 1.807) is 72.8 Å². The van der Waals surface area contributed by atoms with Crippen molar-refractivity contribution < 1.29 is 58.0 Å². The highest BCUT2D eigenvalue weighted by atomic mass is 16.5. The van der Waals surface area contributed by atoms with Gasteiger partial charge in [0, 0.05) is 58.5 Å². The van der Waals surface area contributed by atoms with E-state index in [1.165, 1.54) is 38.1 Å². The molecule has 2 aliphatic rings. The number of ether oxygens (including phenoxy) is 2. The molecule has 0 aromatic heterocycles. The first-order valence-corrected chi connectivity index (χ1v) is 21.1. The Balaban J connectivity index is 0.000000196. The second-order valence-corrected chi connectivity index (χ2v) is 16.3. The van der Waals surface area contributed by atoms with Crippen LogP contribution >= 0.6 is 0 Å². The smallest absolute Gasteiger partial charge is 0.335 e. The molecule has 2 aliphatic carbocycles. The highest BCUT2D eigenvalue weighted by Crippen LogP contribution is 2.60. The van der Waals surface area contributed by atoms with Crippen molar-refractivity contribution in [3.63, 3.8) is 0 Å². The largest absolute Gasteiger partial charge is 0.478 e. The molecular weight excluding hydrogens is 841 g/mol. The van der Waals surface area contributed by atoms with Gasteiger partial charge in [0.15, 0.2) is 11.6 Å². The molecule has 0 saturated heterocycles. The lowest BCUT2D eigenvalue weighted by molar-refractivity contribution is -0.128. The summed E-state index contributed by atoms with van der Waals surface area (Å²) in [4.78, 5) is 96.2. The zero-order valence-electron chi connectivity index (χ0n) is 35.8. The van der Waals surface area contributed by atoms with Crippen LogP contribution in [0.15, 0.2) is 158 Å².